The molecule has 0 bridgehead atoms. The standard InChI is InChI=1S/C12H12O5/c1-3-16-12(15)11(14)9-6-4-5-7-10(9)17-8(2)13/h4-7H,3H2,1-2H3. The fourth-order valence-electron chi connectivity index (χ4n) is 1.20. The van der Waals surface area contributed by atoms with Crippen LogP contribution in [-0.2, 0) is 14.3 Å². The van der Waals surface area contributed by atoms with Crippen molar-refractivity contribution >= 4 is 17.7 Å². The molecule has 5 nitrogen and oxygen atoms in total. The first-order chi connectivity index (χ1) is 8.06. The van der Waals surface area contributed by atoms with Crippen molar-refractivity contribution in [2.45, 2.75) is 13.8 Å². The van der Waals surface area contributed by atoms with Crippen molar-refractivity contribution in [1.29, 1.82) is 0 Å². The van der Waals surface area contributed by atoms with Gasteiger partial charge in [-0.25, -0.2) is 4.79 Å². The molecule has 0 radical (unpaired) electrons. The average molecular weight is 236 g/mol. The largest absolute Gasteiger partial charge is 0.460 e. The zero-order valence-electron chi connectivity index (χ0n) is 9.56. The van der Waals surface area contributed by atoms with E-state index in [0.29, 0.717) is 0 Å². The summed E-state index contributed by atoms with van der Waals surface area (Å²) < 4.78 is 9.42. The van der Waals surface area contributed by atoms with Crippen LogP contribution in [0.3, 0.4) is 0 Å². The van der Waals surface area contributed by atoms with E-state index >= 15 is 0 Å². The lowest BCUT2D eigenvalue weighted by Gasteiger charge is -2.06. The minimum atomic E-state index is -0.966. The molecule has 0 unspecified atom stereocenters. The van der Waals surface area contributed by atoms with Crippen LogP contribution < -0.4 is 4.74 Å². The van der Waals surface area contributed by atoms with Gasteiger partial charge in [-0.15, -0.1) is 0 Å². The van der Waals surface area contributed by atoms with Crippen LogP contribution >= 0.6 is 0 Å². The summed E-state index contributed by atoms with van der Waals surface area (Å²) >= 11 is 0. The van der Waals surface area contributed by atoms with Gasteiger partial charge in [0.2, 0.25) is 0 Å². The molecule has 0 saturated heterocycles. The Kier molecular flexibility index (Phi) is 4.39. The van der Waals surface area contributed by atoms with Gasteiger partial charge < -0.3 is 9.47 Å². The van der Waals surface area contributed by atoms with Gasteiger partial charge in [0, 0.05) is 6.92 Å². The summed E-state index contributed by atoms with van der Waals surface area (Å²) in [7, 11) is 0. The highest BCUT2D eigenvalue weighted by molar-refractivity contribution is 6.41. The molecule has 0 spiro atoms. The molecular weight excluding hydrogens is 224 g/mol. The van der Waals surface area contributed by atoms with Gasteiger partial charge in [0.05, 0.1) is 12.2 Å². The van der Waals surface area contributed by atoms with Gasteiger partial charge in [-0.05, 0) is 19.1 Å². The first kappa shape index (κ1) is 12.9. The van der Waals surface area contributed by atoms with Crippen molar-refractivity contribution in [3.8, 4) is 5.75 Å². The maximum atomic E-state index is 11.7. The van der Waals surface area contributed by atoms with Crippen LogP contribution in [0.1, 0.15) is 24.2 Å². The maximum absolute atomic E-state index is 11.7. The quantitative estimate of drug-likeness (QED) is 0.341. The Morgan fingerprint density at radius 1 is 1.18 bits per heavy atom. The molecule has 1 aromatic rings. The number of hydrogen-bond acceptors (Lipinski definition) is 5. The van der Waals surface area contributed by atoms with Crippen LogP contribution in [0.15, 0.2) is 24.3 Å². The molecule has 1 rings (SSSR count). The molecule has 90 valence electrons. The Morgan fingerprint density at radius 2 is 1.82 bits per heavy atom. The van der Waals surface area contributed by atoms with Gasteiger partial charge in [-0.3, -0.25) is 9.59 Å². The van der Waals surface area contributed by atoms with Gasteiger partial charge >= 0.3 is 11.9 Å². The van der Waals surface area contributed by atoms with Crippen LogP contribution in [0.25, 0.3) is 0 Å². The third-order valence-electron chi connectivity index (χ3n) is 1.85. The Balaban J connectivity index is 3.00. The fraction of sp³-hybridized carbons (Fsp3) is 0.250. The summed E-state index contributed by atoms with van der Waals surface area (Å²) in [5.41, 5.74) is 0.0150. The maximum Gasteiger partial charge on any atom is 0.379 e. The zero-order chi connectivity index (χ0) is 12.8. The number of rotatable bonds is 4. The van der Waals surface area contributed by atoms with E-state index in [4.69, 9.17) is 4.74 Å². The van der Waals surface area contributed by atoms with Crippen LogP contribution in [0.5, 0.6) is 5.75 Å². The van der Waals surface area contributed by atoms with Gasteiger partial charge in [-0.2, -0.15) is 0 Å². The SMILES string of the molecule is CCOC(=O)C(=O)c1ccccc1OC(C)=O. The lowest BCUT2D eigenvalue weighted by molar-refractivity contribution is -0.137. The lowest BCUT2D eigenvalue weighted by atomic mass is 10.1. The zero-order valence-corrected chi connectivity index (χ0v) is 9.56. The van der Waals surface area contributed by atoms with E-state index in [1.165, 1.54) is 19.1 Å². The normalized spacial score (nSPS) is 9.53. The van der Waals surface area contributed by atoms with E-state index in [1.807, 2.05) is 0 Å². The van der Waals surface area contributed by atoms with Crippen molar-refractivity contribution in [3.63, 3.8) is 0 Å². The molecule has 0 saturated carbocycles. The summed E-state index contributed by atoms with van der Waals surface area (Å²) in [4.78, 5) is 33.8. The predicted molar refractivity (Wildman–Crippen MR) is 58.7 cm³/mol. The molecule has 0 heterocycles. The number of Topliss-reactive ketones (excluding diaryl/α,β-unsaturated/α-hetero) is 1. The molecule has 1 aromatic carbocycles. The van der Waals surface area contributed by atoms with Crippen LogP contribution in [0.4, 0.5) is 0 Å². The Bertz CT molecular complexity index is 450. The summed E-state index contributed by atoms with van der Waals surface area (Å²) in [5.74, 6) is -2.30. The monoisotopic (exact) mass is 236 g/mol. The Morgan fingerprint density at radius 3 is 2.41 bits per heavy atom. The van der Waals surface area contributed by atoms with Gasteiger partial charge in [-0.1, -0.05) is 12.1 Å². The highest BCUT2D eigenvalue weighted by atomic mass is 16.5. The van der Waals surface area contributed by atoms with Crippen molar-refractivity contribution in [3.05, 3.63) is 29.8 Å². The second kappa shape index (κ2) is 5.79. The Labute approximate surface area is 98.3 Å². The highest BCUT2D eigenvalue weighted by Gasteiger charge is 2.21. The minimum Gasteiger partial charge on any atom is -0.460 e. The summed E-state index contributed by atoms with van der Waals surface area (Å²) in [5, 5.41) is 0. The molecule has 5 heteroatoms. The smallest absolute Gasteiger partial charge is 0.379 e. The molecule has 0 atom stereocenters. The van der Waals surface area contributed by atoms with Crippen molar-refractivity contribution in [1.82, 2.24) is 0 Å². The molecule has 0 aliphatic carbocycles. The van der Waals surface area contributed by atoms with Crippen molar-refractivity contribution < 1.29 is 23.9 Å². The fourth-order valence-corrected chi connectivity index (χ4v) is 1.20. The molecule has 17 heavy (non-hydrogen) atoms. The average Bonchev–Trinajstić information content (AvgIpc) is 2.28. The number of carbonyl (C=O) groups is 3. The van der Waals surface area contributed by atoms with E-state index in [2.05, 4.69) is 4.74 Å². The van der Waals surface area contributed by atoms with Crippen molar-refractivity contribution in [2.24, 2.45) is 0 Å². The second-order valence-corrected chi connectivity index (χ2v) is 3.14. The third-order valence-corrected chi connectivity index (χ3v) is 1.85. The number of para-hydroxylation sites is 1. The minimum absolute atomic E-state index is 0.0150. The number of ether oxygens (including phenoxy) is 2. The first-order valence-corrected chi connectivity index (χ1v) is 5.05. The molecule has 0 aromatic heterocycles. The summed E-state index contributed by atoms with van der Waals surface area (Å²) in [6, 6.07) is 6.01. The van der Waals surface area contributed by atoms with Crippen LogP contribution in [-0.4, -0.2) is 24.3 Å². The first-order valence-electron chi connectivity index (χ1n) is 5.05. The number of hydrogen-bond donors (Lipinski definition) is 0. The van der Waals surface area contributed by atoms with Crippen LogP contribution in [0.2, 0.25) is 0 Å². The van der Waals surface area contributed by atoms with Crippen molar-refractivity contribution in [2.75, 3.05) is 6.61 Å². The molecule has 0 aliphatic heterocycles. The molecule has 0 amide bonds. The third kappa shape index (κ3) is 3.41. The summed E-state index contributed by atoms with van der Waals surface area (Å²) in [6.45, 7) is 2.93. The lowest BCUT2D eigenvalue weighted by Crippen LogP contribution is -2.19. The van der Waals surface area contributed by atoms with Crippen LogP contribution in [0, 0.1) is 0 Å². The van der Waals surface area contributed by atoms with E-state index < -0.39 is 17.7 Å². The molecular formula is C12H12O5. The summed E-state index contributed by atoms with van der Waals surface area (Å²) in [6.07, 6.45) is 0. The second-order valence-electron chi connectivity index (χ2n) is 3.14. The predicted octanol–water partition coefficient (Wildman–Crippen LogP) is 1.36. The number of esters is 2. The van der Waals surface area contributed by atoms with E-state index in [-0.39, 0.29) is 17.9 Å². The highest BCUT2D eigenvalue weighted by Crippen LogP contribution is 2.19. The van der Waals surface area contributed by atoms with Gasteiger partial charge in [0.15, 0.2) is 0 Å². The topological polar surface area (TPSA) is 69.7 Å². The van der Waals surface area contributed by atoms with Gasteiger partial charge in [0.25, 0.3) is 5.78 Å². The Hall–Kier alpha value is -2.17. The number of carbonyl (C=O) groups excluding carboxylic acids is 3. The molecule has 0 fully saturated rings. The van der Waals surface area contributed by atoms with Gasteiger partial charge in [0.1, 0.15) is 5.75 Å². The van der Waals surface area contributed by atoms with E-state index in [1.54, 1.807) is 19.1 Å². The molecule has 0 N–H and O–H groups in total. The molecule has 0 aliphatic rings. The number of ketones is 1. The van der Waals surface area contributed by atoms with E-state index in [0.717, 1.165) is 0 Å². The van der Waals surface area contributed by atoms with E-state index in [9.17, 15) is 14.4 Å². The number of benzene rings is 1.